The summed E-state index contributed by atoms with van der Waals surface area (Å²) >= 11 is 0. The molecule has 0 saturated heterocycles. The number of halogens is 3. The van der Waals surface area contributed by atoms with Crippen LogP contribution in [0.2, 0.25) is 0 Å². The van der Waals surface area contributed by atoms with Crippen LogP contribution in [0.25, 0.3) is 0 Å². The molecule has 1 aliphatic rings. The van der Waals surface area contributed by atoms with Crippen molar-refractivity contribution in [3.8, 4) is 0 Å². The Balaban J connectivity index is 2.35. The molecule has 0 aliphatic heterocycles. The Kier molecular flexibility index (Phi) is 3.47. The maximum atomic E-state index is 12.7. The predicted octanol–water partition coefficient (Wildman–Crippen LogP) is 2.55. The molecule has 0 atom stereocenters. The third-order valence-corrected chi connectivity index (χ3v) is 3.42. The monoisotopic (exact) mass is 259 g/mol. The largest absolute Gasteiger partial charge is 0.433 e. The van der Waals surface area contributed by atoms with Crippen molar-refractivity contribution in [1.82, 2.24) is 4.98 Å². The molecule has 1 aromatic heterocycles. The van der Waals surface area contributed by atoms with Crippen molar-refractivity contribution in [2.75, 3.05) is 11.9 Å². The van der Waals surface area contributed by atoms with Crippen LogP contribution in [-0.2, 0) is 12.7 Å². The third kappa shape index (κ3) is 2.43. The fourth-order valence-electron chi connectivity index (χ4n) is 2.05. The summed E-state index contributed by atoms with van der Waals surface area (Å²) in [7, 11) is 1.78. The van der Waals surface area contributed by atoms with E-state index in [1.807, 2.05) is 4.90 Å². The highest BCUT2D eigenvalue weighted by molar-refractivity contribution is 5.48. The van der Waals surface area contributed by atoms with Gasteiger partial charge in [-0.2, -0.15) is 13.2 Å². The van der Waals surface area contributed by atoms with E-state index in [4.69, 9.17) is 5.73 Å². The molecule has 0 amide bonds. The summed E-state index contributed by atoms with van der Waals surface area (Å²) in [5.41, 5.74) is 5.35. The summed E-state index contributed by atoms with van der Waals surface area (Å²) < 4.78 is 38.0. The lowest BCUT2D eigenvalue weighted by atomic mass is 9.91. The quantitative estimate of drug-likeness (QED) is 0.907. The summed E-state index contributed by atoms with van der Waals surface area (Å²) in [6, 6.07) is 2.69. The Morgan fingerprint density at radius 2 is 2.06 bits per heavy atom. The third-order valence-electron chi connectivity index (χ3n) is 3.42. The number of anilines is 1. The average Bonchev–Trinajstić information content (AvgIpc) is 2.24. The molecule has 1 fully saturated rings. The van der Waals surface area contributed by atoms with E-state index in [2.05, 4.69) is 4.98 Å². The normalized spacial score (nSPS) is 16.5. The van der Waals surface area contributed by atoms with Crippen molar-refractivity contribution in [2.45, 2.75) is 38.0 Å². The van der Waals surface area contributed by atoms with E-state index in [-0.39, 0.29) is 12.6 Å². The van der Waals surface area contributed by atoms with Gasteiger partial charge in [0, 0.05) is 25.2 Å². The number of aromatic nitrogens is 1. The fourth-order valence-corrected chi connectivity index (χ4v) is 2.05. The first-order valence-electron chi connectivity index (χ1n) is 5.93. The van der Waals surface area contributed by atoms with Crippen LogP contribution < -0.4 is 10.6 Å². The minimum atomic E-state index is -4.41. The van der Waals surface area contributed by atoms with Gasteiger partial charge in [0.1, 0.15) is 11.5 Å². The maximum absolute atomic E-state index is 12.7. The molecule has 2 rings (SSSR count). The molecular weight excluding hydrogens is 243 g/mol. The van der Waals surface area contributed by atoms with Crippen LogP contribution in [-0.4, -0.2) is 18.1 Å². The van der Waals surface area contributed by atoms with Crippen molar-refractivity contribution in [3.63, 3.8) is 0 Å². The molecule has 1 aliphatic carbocycles. The summed E-state index contributed by atoms with van der Waals surface area (Å²) in [4.78, 5) is 5.56. The van der Waals surface area contributed by atoms with Crippen LogP contribution in [0, 0.1) is 0 Å². The van der Waals surface area contributed by atoms with Gasteiger partial charge >= 0.3 is 6.18 Å². The molecule has 0 unspecified atom stereocenters. The van der Waals surface area contributed by atoms with E-state index in [1.165, 1.54) is 6.07 Å². The molecule has 1 heterocycles. The van der Waals surface area contributed by atoms with Gasteiger partial charge in [0.2, 0.25) is 0 Å². The van der Waals surface area contributed by atoms with Crippen molar-refractivity contribution in [3.05, 3.63) is 23.4 Å². The van der Waals surface area contributed by atoms with Gasteiger partial charge in [-0.3, -0.25) is 0 Å². The lowest BCUT2D eigenvalue weighted by Gasteiger charge is -2.36. The highest BCUT2D eigenvalue weighted by Gasteiger charge is 2.34. The van der Waals surface area contributed by atoms with Crippen molar-refractivity contribution >= 4 is 5.82 Å². The summed E-state index contributed by atoms with van der Waals surface area (Å²) in [5.74, 6) is 0.358. The van der Waals surface area contributed by atoms with Crippen LogP contribution in [0.5, 0.6) is 0 Å². The van der Waals surface area contributed by atoms with E-state index in [1.54, 1.807) is 7.05 Å². The second kappa shape index (κ2) is 4.76. The number of hydrogen-bond acceptors (Lipinski definition) is 3. The van der Waals surface area contributed by atoms with Crippen LogP contribution >= 0.6 is 0 Å². The second-order valence-corrected chi connectivity index (χ2v) is 4.58. The van der Waals surface area contributed by atoms with Gasteiger partial charge in [-0.25, -0.2) is 4.98 Å². The Labute approximate surface area is 104 Å². The highest BCUT2D eigenvalue weighted by atomic mass is 19.4. The van der Waals surface area contributed by atoms with E-state index < -0.39 is 11.9 Å². The van der Waals surface area contributed by atoms with Gasteiger partial charge in [0.25, 0.3) is 0 Å². The van der Waals surface area contributed by atoms with Gasteiger partial charge in [-0.15, -0.1) is 0 Å². The summed E-state index contributed by atoms with van der Waals surface area (Å²) in [5, 5.41) is 0. The fraction of sp³-hybridized carbons (Fsp3) is 0.583. The Bertz CT molecular complexity index is 427. The minimum Gasteiger partial charge on any atom is -0.356 e. The van der Waals surface area contributed by atoms with Gasteiger partial charge in [0.05, 0.1) is 0 Å². The number of hydrogen-bond donors (Lipinski definition) is 1. The smallest absolute Gasteiger partial charge is 0.356 e. The maximum Gasteiger partial charge on any atom is 0.433 e. The zero-order valence-electron chi connectivity index (χ0n) is 10.2. The van der Waals surface area contributed by atoms with Crippen LogP contribution in [0.15, 0.2) is 12.1 Å². The van der Waals surface area contributed by atoms with Crippen LogP contribution in [0.3, 0.4) is 0 Å². The molecule has 0 bridgehead atoms. The zero-order valence-corrected chi connectivity index (χ0v) is 10.2. The first-order chi connectivity index (χ1) is 8.43. The molecule has 0 spiro atoms. The molecule has 3 nitrogen and oxygen atoms in total. The molecule has 1 saturated carbocycles. The Hall–Kier alpha value is -1.30. The molecule has 100 valence electrons. The lowest BCUT2D eigenvalue weighted by molar-refractivity contribution is -0.141. The zero-order chi connectivity index (χ0) is 13.3. The van der Waals surface area contributed by atoms with Crippen molar-refractivity contribution in [2.24, 2.45) is 5.73 Å². The number of alkyl halides is 3. The number of nitrogens with zero attached hydrogens (tertiary/aromatic N) is 2. The molecule has 2 N–H and O–H groups in total. The minimum absolute atomic E-state index is 0.192. The van der Waals surface area contributed by atoms with E-state index in [9.17, 15) is 13.2 Å². The van der Waals surface area contributed by atoms with Crippen molar-refractivity contribution < 1.29 is 13.2 Å². The number of nitrogens with two attached hydrogens (primary N) is 1. The SMILES string of the molecule is CN(c1nc(C(F)(F)F)ccc1CN)C1CCC1. The molecular formula is C12H16F3N3. The molecule has 0 radical (unpaired) electrons. The van der Waals surface area contributed by atoms with E-state index >= 15 is 0 Å². The Morgan fingerprint density at radius 3 is 2.50 bits per heavy atom. The number of pyridine rings is 1. The molecule has 1 aromatic rings. The topological polar surface area (TPSA) is 42.2 Å². The average molecular weight is 259 g/mol. The molecule has 18 heavy (non-hydrogen) atoms. The molecule has 0 aromatic carbocycles. The first-order valence-corrected chi connectivity index (χ1v) is 5.93. The van der Waals surface area contributed by atoms with Gasteiger partial charge in [0.15, 0.2) is 0 Å². The Morgan fingerprint density at radius 1 is 1.39 bits per heavy atom. The summed E-state index contributed by atoms with van der Waals surface area (Å²) in [6.07, 6.45) is -1.30. The van der Waals surface area contributed by atoms with E-state index in [0.717, 1.165) is 25.3 Å². The van der Waals surface area contributed by atoms with Gasteiger partial charge < -0.3 is 10.6 Å². The second-order valence-electron chi connectivity index (χ2n) is 4.58. The van der Waals surface area contributed by atoms with Crippen LogP contribution in [0.1, 0.15) is 30.5 Å². The van der Waals surface area contributed by atoms with E-state index in [0.29, 0.717) is 11.4 Å². The predicted molar refractivity (Wildman–Crippen MR) is 63.2 cm³/mol. The highest BCUT2D eigenvalue weighted by Crippen LogP contribution is 2.33. The van der Waals surface area contributed by atoms with Gasteiger partial charge in [-0.05, 0) is 25.3 Å². The van der Waals surface area contributed by atoms with Crippen molar-refractivity contribution in [1.29, 1.82) is 0 Å². The molecule has 6 heteroatoms. The van der Waals surface area contributed by atoms with Crippen LogP contribution in [0.4, 0.5) is 19.0 Å². The summed E-state index contributed by atoms with van der Waals surface area (Å²) in [6.45, 7) is 0.192. The number of rotatable bonds is 3. The standard InChI is InChI=1S/C12H16F3N3/c1-18(9-3-2-4-9)11-8(7-16)5-6-10(17-11)12(13,14)15/h5-6,9H,2-4,7,16H2,1H3. The lowest BCUT2D eigenvalue weighted by Crippen LogP contribution is -2.38. The van der Waals surface area contributed by atoms with Gasteiger partial charge in [-0.1, -0.05) is 6.07 Å². The first kappa shape index (κ1) is 13.1.